The van der Waals surface area contributed by atoms with Gasteiger partial charge in [-0.1, -0.05) is 6.92 Å². The van der Waals surface area contributed by atoms with Gasteiger partial charge in [0.05, 0.1) is 13.0 Å². The molecule has 1 rings (SSSR count). The number of rotatable bonds is 4. The van der Waals surface area contributed by atoms with Crippen LogP contribution in [0, 0.1) is 23.4 Å². The van der Waals surface area contributed by atoms with E-state index < -0.39 is 29.3 Å². The van der Waals surface area contributed by atoms with Crippen molar-refractivity contribution < 1.29 is 22.7 Å². The predicted molar refractivity (Wildman–Crippen MR) is 56.0 cm³/mol. The summed E-state index contributed by atoms with van der Waals surface area (Å²) in [6.07, 6.45) is 0. The summed E-state index contributed by atoms with van der Waals surface area (Å²) in [6, 6.07) is 1.64. The number of carbonyl (C=O) groups is 1. The average molecular weight is 247 g/mol. The summed E-state index contributed by atoms with van der Waals surface area (Å²) in [7, 11) is 1.25. The van der Waals surface area contributed by atoms with Crippen LogP contribution in [0.1, 0.15) is 6.92 Å². The summed E-state index contributed by atoms with van der Waals surface area (Å²) in [5, 5.41) is 2.62. The van der Waals surface area contributed by atoms with Crippen LogP contribution in [0.4, 0.5) is 18.9 Å². The van der Waals surface area contributed by atoms with Crippen LogP contribution < -0.4 is 5.32 Å². The van der Waals surface area contributed by atoms with Crippen molar-refractivity contribution in [3.63, 3.8) is 0 Å². The number of nitrogens with one attached hydrogen (secondary N) is 1. The van der Waals surface area contributed by atoms with Gasteiger partial charge in [0.1, 0.15) is 0 Å². The van der Waals surface area contributed by atoms with Crippen LogP contribution in [-0.4, -0.2) is 19.6 Å². The molecule has 1 aromatic carbocycles. The highest BCUT2D eigenvalue weighted by Gasteiger charge is 2.14. The molecule has 0 heterocycles. The van der Waals surface area contributed by atoms with E-state index in [2.05, 4.69) is 10.1 Å². The van der Waals surface area contributed by atoms with Crippen molar-refractivity contribution in [2.24, 2.45) is 5.92 Å². The van der Waals surface area contributed by atoms with Crippen LogP contribution in [0.5, 0.6) is 0 Å². The molecular weight excluding hydrogens is 235 g/mol. The Morgan fingerprint density at radius 3 is 2.35 bits per heavy atom. The van der Waals surface area contributed by atoms with Gasteiger partial charge in [0, 0.05) is 24.4 Å². The van der Waals surface area contributed by atoms with Gasteiger partial charge in [-0.05, 0) is 0 Å². The maximum absolute atomic E-state index is 12.8. The fourth-order valence-corrected chi connectivity index (χ4v) is 1.21. The molecule has 0 amide bonds. The zero-order valence-electron chi connectivity index (χ0n) is 9.39. The summed E-state index contributed by atoms with van der Waals surface area (Å²) in [6.45, 7) is 1.73. The molecule has 0 aliphatic rings. The molecule has 0 aromatic heterocycles. The highest BCUT2D eigenvalue weighted by Crippen LogP contribution is 2.17. The van der Waals surface area contributed by atoms with Crippen molar-refractivity contribution in [2.45, 2.75) is 6.92 Å². The molecule has 0 bridgehead atoms. The molecule has 6 heteroatoms. The number of ether oxygens (including phenoxy) is 1. The van der Waals surface area contributed by atoms with Crippen molar-refractivity contribution in [3.05, 3.63) is 29.6 Å². The Hall–Kier alpha value is -1.72. The minimum atomic E-state index is -1.52. The van der Waals surface area contributed by atoms with E-state index in [0.29, 0.717) is 0 Å². The number of hydrogen-bond acceptors (Lipinski definition) is 3. The smallest absolute Gasteiger partial charge is 0.310 e. The summed E-state index contributed by atoms with van der Waals surface area (Å²) in [5.74, 6) is -5.00. The Labute approximate surface area is 96.6 Å². The van der Waals surface area contributed by atoms with Crippen LogP contribution in [0.2, 0.25) is 0 Å². The first kappa shape index (κ1) is 13.3. The second kappa shape index (κ2) is 5.56. The monoisotopic (exact) mass is 247 g/mol. The summed E-state index contributed by atoms with van der Waals surface area (Å²) in [5.41, 5.74) is 0.0668. The molecule has 0 saturated carbocycles. The van der Waals surface area contributed by atoms with Crippen molar-refractivity contribution in [1.82, 2.24) is 0 Å². The van der Waals surface area contributed by atoms with Crippen LogP contribution in [-0.2, 0) is 9.53 Å². The molecule has 0 spiro atoms. The maximum Gasteiger partial charge on any atom is 0.310 e. The fraction of sp³-hybridized carbons (Fsp3) is 0.364. The number of anilines is 1. The van der Waals surface area contributed by atoms with Crippen LogP contribution >= 0.6 is 0 Å². The van der Waals surface area contributed by atoms with E-state index >= 15 is 0 Å². The van der Waals surface area contributed by atoms with Gasteiger partial charge in [-0.25, -0.2) is 13.2 Å². The number of methoxy groups -OCH3 is 1. The lowest BCUT2D eigenvalue weighted by atomic mass is 10.2. The van der Waals surface area contributed by atoms with Gasteiger partial charge in [-0.15, -0.1) is 0 Å². The highest BCUT2D eigenvalue weighted by atomic mass is 19.2. The first-order valence-corrected chi connectivity index (χ1v) is 4.92. The van der Waals surface area contributed by atoms with E-state index in [-0.39, 0.29) is 12.2 Å². The Morgan fingerprint density at radius 2 is 1.88 bits per heavy atom. The van der Waals surface area contributed by atoms with Gasteiger partial charge in [-0.2, -0.15) is 0 Å². The molecule has 0 aliphatic heterocycles. The van der Waals surface area contributed by atoms with Gasteiger partial charge >= 0.3 is 5.97 Å². The quantitative estimate of drug-likeness (QED) is 0.655. The highest BCUT2D eigenvalue weighted by molar-refractivity contribution is 5.72. The summed E-state index contributed by atoms with van der Waals surface area (Å²) in [4.78, 5) is 11.1. The molecule has 1 N–H and O–H groups in total. The van der Waals surface area contributed by atoms with E-state index in [4.69, 9.17) is 0 Å². The summed E-state index contributed by atoms with van der Waals surface area (Å²) < 4.78 is 42.8. The van der Waals surface area contributed by atoms with Gasteiger partial charge < -0.3 is 10.1 Å². The molecule has 0 aliphatic carbocycles. The van der Waals surface area contributed by atoms with Crippen LogP contribution in [0.15, 0.2) is 12.1 Å². The first-order valence-electron chi connectivity index (χ1n) is 4.92. The van der Waals surface area contributed by atoms with Crippen molar-refractivity contribution in [2.75, 3.05) is 19.0 Å². The number of halogens is 3. The predicted octanol–water partition coefficient (Wildman–Crippen LogP) is 2.32. The molecule has 0 fully saturated rings. The SMILES string of the molecule is COC(=O)C(C)CNc1cc(F)c(F)c(F)c1. The Morgan fingerprint density at radius 1 is 1.35 bits per heavy atom. The Kier molecular flexibility index (Phi) is 4.37. The van der Waals surface area contributed by atoms with Gasteiger partial charge in [0.2, 0.25) is 0 Å². The minimum absolute atomic E-state index is 0.0668. The largest absolute Gasteiger partial charge is 0.469 e. The Balaban J connectivity index is 2.67. The van der Waals surface area contributed by atoms with Gasteiger partial charge in [0.25, 0.3) is 0 Å². The van der Waals surface area contributed by atoms with Gasteiger partial charge in [0.15, 0.2) is 17.5 Å². The second-order valence-electron chi connectivity index (χ2n) is 3.56. The normalized spacial score (nSPS) is 12.1. The lowest BCUT2D eigenvalue weighted by Gasteiger charge is -2.11. The topological polar surface area (TPSA) is 38.3 Å². The molecular formula is C11H12F3NO2. The van der Waals surface area contributed by atoms with Crippen LogP contribution in [0.3, 0.4) is 0 Å². The average Bonchev–Trinajstić information content (AvgIpc) is 2.31. The molecule has 0 radical (unpaired) electrons. The molecule has 1 atom stereocenters. The van der Waals surface area contributed by atoms with Crippen molar-refractivity contribution in [3.8, 4) is 0 Å². The number of hydrogen-bond donors (Lipinski definition) is 1. The molecule has 1 unspecified atom stereocenters. The van der Waals surface area contributed by atoms with E-state index in [9.17, 15) is 18.0 Å². The third kappa shape index (κ3) is 3.37. The third-order valence-electron chi connectivity index (χ3n) is 2.20. The van der Waals surface area contributed by atoms with Gasteiger partial charge in [-0.3, -0.25) is 4.79 Å². The first-order chi connectivity index (χ1) is 7.95. The molecule has 17 heavy (non-hydrogen) atoms. The lowest BCUT2D eigenvalue weighted by Crippen LogP contribution is -2.21. The Bertz CT molecular complexity index is 400. The fourth-order valence-electron chi connectivity index (χ4n) is 1.21. The third-order valence-corrected chi connectivity index (χ3v) is 2.20. The zero-order chi connectivity index (χ0) is 13.0. The molecule has 0 saturated heterocycles. The molecule has 3 nitrogen and oxygen atoms in total. The summed E-state index contributed by atoms with van der Waals surface area (Å²) >= 11 is 0. The number of benzene rings is 1. The minimum Gasteiger partial charge on any atom is -0.469 e. The van der Waals surface area contributed by atoms with Crippen molar-refractivity contribution >= 4 is 11.7 Å². The van der Waals surface area contributed by atoms with E-state index in [0.717, 1.165) is 12.1 Å². The van der Waals surface area contributed by atoms with Crippen LogP contribution in [0.25, 0.3) is 0 Å². The molecule has 94 valence electrons. The zero-order valence-corrected chi connectivity index (χ0v) is 9.39. The molecule has 1 aromatic rings. The van der Waals surface area contributed by atoms with Crippen molar-refractivity contribution in [1.29, 1.82) is 0 Å². The lowest BCUT2D eigenvalue weighted by molar-refractivity contribution is -0.144. The van der Waals surface area contributed by atoms with E-state index in [1.54, 1.807) is 6.92 Å². The van der Waals surface area contributed by atoms with E-state index in [1.165, 1.54) is 7.11 Å². The number of esters is 1. The van der Waals surface area contributed by atoms with E-state index in [1.807, 2.05) is 0 Å². The number of carbonyl (C=O) groups excluding carboxylic acids is 1. The maximum atomic E-state index is 12.8. The second-order valence-corrected chi connectivity index (χ2v) is 3.56. The standard InChI is InChI=1S/C11H12F3NO2/c1-6(11(16)17-2)5-15-7-3-8(12)10(14)9(13)4-7/h3-4,6,15H,5H2,1-2H3.